The van der Waals surface area contributed by atoms with Crippen molar-refractivity contribution < 1.29 is 22.7 Å². The largest absolute Gasteiger partial charge is 0.495 e. The lowest BCUT2D eigenvalue weighted by Crippen LogP contribution is -2.53. The molecule has 0 radical (unpaired) electrons. The molecular formula is C37H43N3O5S. The maximum atomic E-state index is 14.6. The maximum Gasteiger partial charge on any atom is 0.264 e. The first-order valence-electron chi connectivity index (χ1n) is 15.5. The number of aryl methyl sites for hydroxylation is 2. The van der Waals surface area contributed by atoms with Crippen LogP contribution in [-0.2, 0) is 32.6 Å². The van der Waals surface area contributed by atoms with Gasteiger partial charge in [0.2, 0.25) is 11.8 Å². The number of rotatable bonds is 15. The summed E-state index contributed by atoms with van der Waals surface area (Å²) in [5.74, 6) is -0.500. The van der Waals surface area contributed by atoms with Crippen molar-refractivity contribution in [3.05, 3.63) is 125 Å². The first-order valence-corrected chi connectivity index (χ1v) is 17.0. The van der Waals surface area contributed by atoms with Crippen LogP contribution in [-0.4, -0.2) is 51.4 Å². The first kappa shape index (κ1) is 34.2. The van der Waals surface area contributed by atoms with E-state index in [1.165, 1.54) is 24.1 Å². The van der Waals surface area contributed by atoms with Crippen LogP contribution in [0, 0.1) is 13.8 Å². The number of hydrogen-bond acceptors (Lipinski definition) is 5. The Balaban J connectivity index is 1.82. The average molecular weight is 642 g/mol. The highest BCUT2D eigenvalue weighted by Crippen LogP contribution is 2.34. The predicted molar refractivity (Wildman–Crippen MR) is 182 cm³/mol. The molecule has 0 fully saturated rings. The third-order valence-corrected chi connectivity index (χ3v) is 9.56. The summed E-state index contributed by atoms with van der Waals surface area (Å²) in [6.45, 7) is 5.91. The molecule has 0 aromatic heterocycles. The minimum atomic E-state index is -4.23. The Morgan fingerprint density at radius 2 is 1.46 bits per heavy atom. The van der Waals surface area contributed by atoms with Gasteiger partial charge in [-0.2, -0.15) is 0 Å². The van der Waals surface area contributed by atoms with E-state index in [2.05, 4.69) is 5.32 Å². The zero-order valence-electron chi connectivity index (χ0n) is 27.0. The highest BCUT2D eigenvalue weighted by Gasteiger charge is 2.35. The zero-order chi connectivity index (χ0) is 33.1. The van der Waals surface area contributed by atoms with Crippen LogP contribution in [0.1, 0.15) is 42.0 Å². The Labute approximate surface area is 273 Å². The standard InChI is InChI=1S/C37H43N3O5S/c1-5-6-23-38-37(42)34(25-30-13-9-7-10-14-30)39(26-31-20-17-28(2)18-21-31)36(41)27-40(33-24-29(3)19-22-35(33)45-4)46(43,44)32-15-11-8-12-16-32/h7-22,24,34H,5-6,23,25-27H2,1-4H3,(H,38,42)/t34-/m0/s1. The molecule has 9 heteroatoms. The third-order valence-electron chi connectivity index (χ3n) is 7.79. The van der Waals surface area contributed by atoms with Crippen LogP contribution in [0.4, 0.5) is 5.69 Å². The van der Waals surface area contributed by atoms with E-state index in [9.17, 15) is 18.0 Å². The van der Waals surface area contributed by atoms with Crippen molar-refractivity contribution in [3.63, 3.8) is 0 Å². The van der Waals surface area contributed by atoms with Crippen LogP contribution in [0.3, 0.4) is 0 Å². The number of ether oxygens (including phenoxy) is 1. The first-order chi connectivity index (χ1) is 22.1. The molecule has 0 saturated heterocycles. The number of unbranched alkanes of at least 4 members (excludes halogenated alkanes) is 1. The Hall–Kier alpha value is -4.63. The van der Waals surface area contributed by atoms with E-state index in [1.54, 1.807) is 30.3 Å². The fraction of sp³-hybridized carbons (Fsp3) is 0.297. The normalized spacial score (nSPS) is 11.8. The van der Waals surface area contributed by atoms with Gasteiger partial charge in [-0.15, -0.1) is 0 Å². The van der Waals surface area contributed by atoms with Gasteiger partial charge in [-0.3, -0.25) is 13.9 Å². The molecular weight excluding hydrogens is 598 g/mol. The number of methoxy groups -OCH3 is 1. The molecule has 0 aliphatic heterocycles. The lowest BCUT2D eigenvalue weighted by atomic mass is 10.0. The molecule has 8 nitrogen and oxygen atoms in total. The van der Waals surface area contributed by atoms with Crippen LogP contribution in [0.5, 0.6) is 5.75 Å². The van der Waals surface area contributed by atoms with Crippen molar-refractivity contribution in [2.24, 2.45) is 0 Å². The maximum absolute atomic E-state index is 14.6. The van der Waals surface area contributed by atoms with Crippen LogP contribution in [0.15, 0.2) is 108 Å². The second kappa shape index (κ2) is 16.1. The van der Waals surface area contributed by atoms with Gasteiger partial charge >= 0.3 is 0 Å². The molecule has 0 aliphatic rings. The summed E-state index contributed by atoms with van der Waals surface area (Å²) in [5, 5.41) is 3.02. The summed E-state index contributed by atoms with van der Waals surface area (Å²) in [4.78, 5) is 30.0. The van der Waals surface area contributed by atoms with Crippen LogP contribution in [0.2, 0.25) is 0 Å². The van der Waals surface area contributed by atoms with Crippen molar-refractivity contribution in [3.8, 4) is 5.75 Å². The summed E-state index contributed by atoms with van der Waals surface area (Å²) in [5.41, 5.74) is 3.80. The summed E-state index contributed by atoms with van der Waals surface area (Å²) in [6, 6.07) is 29.6. The number of sulfonamides is 1. The summed E-state index contributed by atoms with van der Waals surface area (Å²) in [6.07, 6.45) is 1.96. The van der Waals surface area contributed by atoms with E-state index in [1.807, 2.05) is 81.4 Å². The summed E-state index contributed by atoms with van der Waals surface area (Å²) in [7, 11) is -2.77. The van der Waals surface area contributed by atoms with Crippen molar-refractivity contribution in [1.82, 2.24) is 10.2 Å². The van der Waals surface area contributed by atoms with Gasteiger partial charge < -0.3 is 15.0 Å². The van der Waals surface area contributed by atoms with Gasteiger partial charge in [0.1, 0.15) is 18.3 Å². The van der Waals surface area contributed by atoms with Gasteiger partial charge in [0.05, 0.1) is 17.7 Å². The van der Waals surface area contributed by atoms with Gasteiger partial charge in [0, 0.05) is 19.5 Å². The van der Waals surface area contributed by atoms with Crippen molar-refractivity contribution >= 4 is 27.5 Å². The van der Waals surface area contributed by atoms with E-state index in [4.69, 9.17) is 4.74 Å². The minimum absolute atomic E-state index is 0.0367. The molecule has 0 unspecified atom stereocenters. The van der Waals surface area contributed by atoms with Gasteiger partial charge in [0.25, 0.3) is 10.0 Å². The lowest BCUT2D eigenvalue weighted by molar-refractivity contribution is -0.140. The van der Waals surface area contributed by atoms with Crippen LogP contribution >= 0.6 is 0 Å². The number of amides is 2. The molecule has 0 saturated carbocycles. The van der Waals surface area contributed by atoms with E-state index in [-0.39, 0.29) is 29.5 Å². The Bertz CT molecular complexity index is 1690. The highest BCUT2D eigenvalue weighted by molar-refractivity contribution is 7.92. The SMILES string of the molecule is CCCCNC(=O)[C@H](Cc1ccccc1)N(Cc1ccc(C)cc1)C(=O)CN(c1cc(C)ccc1OC)S(=O)(=O)c1ccccc1. The van der Waals surface area contributed by atoms with Gasteiger partial charge in [-0.25, -0.2) is 8.42 Å². The van der Waals surface area contributed by atoms with Gasteiger partial charge in [0.15, 0.2) is 0 Å². The number of benzene rings is 4. The number of nitrogens with one attached hydrogen (secondary N) is 1. The molecule has 0 aliphatic carbocycles. The monoisotopic (exact) mass is 641 g/mol. The third kappa shape index (κ3) is 8.75. The van der Waals surface area contributed by atoms with E-state index < -0.39 is 28.5 Å². The topological polar surface area (TPSA) is 96.0 Å². The van der Waals surface area contributed by atoms with Crippen molar-refractivity contribution in [1.29, 1.82) is 0 Å². The molecule has 0 heterocycles. The van der Waals surface area contributed by atoms with E-state index in [0.717, 1.165) is 39.4 Å². The lowest BCUT2D eigenvalue weighted by Gasteiger charge is -2.34. The number of hydrogen-bond donors (Lipinski definition) is 1. The molecule has 4 aromatic carbocycles. The van der Waals surface area contributed by atoms with Crippen molar-refractivity contribution in [2.75, 3.05) is 24.5 Å². The predicted octanol–water partition coefficient (Wildman–Crippen LogP) is 6.06. The van der Waals surface area contributed by atoms with Crippen LogP contribution < -0.4 is 14.4 Å². The number of carbonyl (C=O) groups is 2. The molecule has 2 amide bonds. The molecule has 242 valence electrons. The van der Waals surface area contributed by atoms with Gasteiger partial charge in [-0.1, -0.05) is 97.8 Å². The molecule has 46 heavy (non-hydrogen) atoms. The molecule has 1 atom stereocenters. The molecule has 0 spiro atoms. The number of anilines is 1. The molecule has 0 bridgehead atoms. The number of nitrogens with zero attached hydrogens (tertiary/aromatic N) is 2. The van der Waals surface area contributed by atoms with E-state index in [0.29, 0.717) is 12.3 Å². The smallest absolute Gasteiger partial charge is 0.264 e. The zero-order valence-corrected chi connectivity index (χ0v) is 27.8. The molecule has 4 aromatic rings. The average Bonchev–Trinajstić information content (AvgIpc) is 3.06. The minimum Gasteiger partial charge on any atom is -0.495 e. The van der Waals surface area contributed by atoms with Crippen LogP contribution in [0.25, 0.3) is 0 Å². The molecule has 4 rings (SSSR count). The Morgan fingerprint density at radius 1 is 0.826 bits per heavy atom. The number of carbonyl (C=O) groups excluding carboxylic acids is 2. The second-order valence-corrected chi connectivity index (χ2v) is 13.2. The second-order valence-electron chi connectivity index (χ2n) is 11.4. The van der Waals surface area contributed by atoms with Crippen molar-refractivity contribution in [2.45, 2.75) is 57.5 Å². The fourth-order valence-corrected chi connectivity index (χ4v) is 6.62. The Kier molecular flexibility index (Phi) is 12.0. The Morgan fingerprint density at radius 3 is 2.09 bits per heavy atom. The quantitative estimate of drug-likeness (QED) is 0.159. The summed E-state index contributed by atoms with van der Waals surface area (Å²) < 4.78 is 35.2. The summed E-state index contributed by atoms with van der Waals surface area (Å²) >= 11 is 0. The van der Waals surface area contributed by atoms with E-state index >= 15 is 0 Å². The highest BCUT2D eigenvalue weighted by atomic mass is 32.2. The van der Waals surface area contributed by atoms with Gasteiger partial charge in [-0.05, 0) is 61.2 Å². The fourth-order valence-electron chi connectivity index (χ4n) is 5.18. The molecule has 1 N–H and O–H groups in total.